The van der Waals surface area contributed by atoms with Crippen LogP contribution in [0.2, 0.25) is 0 Å². The summed E-state index contributed by atoms with van der Waals surface area (Å²) >= 11 is 6.14. The van der Waals surface area contributed by atoms with Gasteiger partial charge in [0, 0.05) is 5.69 Å². The van der Waals surface area contributed by atoms with E-state index in [-0.39, 0.29) is 16.1 Å². The first-order chi connectivity index (χ1) is 8.06. The van der Waals surface area contributed by atoms with Crippen molar-refractivity contribution in [2.24, 2.45) is 0 Å². The summed E-state index contributed by atoms with van der Waals surface area (Å²) in [6, 6.07) is 7.37. The van der Waals surface area contributed by atoms with E-state index in [0.717, 1.165) is 0 Å². The Labute approximate surface area is 113 Å². The number of amides is 1. The van der Waals surface area contributed by atoms with Gasteiger partial charge in [0.05, 0.1) is 4.47 Å². The van der Waals surface area contributed by atoms with Crippen molar-refractivity contribution in [1.82, 2.24) is 0 Å². The van der Waals surface area contributed by atoms with Gasteiger partial charge in [-0.05, 0) is 62.2 Å². The maximum atomic E-state index is 13.0. The maximum Gasteiger partial charge on any atom is 0.291 e. The highest BCUT2D eigenvalue weighted by Crippen LogP contribution is 2.21. The van der Waals surface area contributed by atoms with Crippen molar-refractivity contribution < 1.29 is 13.6 Å². The summed E-state index contributed by atoms with van der Waals surface area (Å²) in [6.45, 7) is 0. The maximum absolute atomic E-state index is 13.0. The van der Waals surface area contributed by atoms with Gasteiger partial charge in [0.15, 0.2) is 10.4 Å². The number of anilines is 1. The van der Waals surface area contributed by atoms with Crippen molar-refractivity contribution >= 4 is 43.5 Å². The predicted octanol–water partition coefficient (Wildman–Crippen LogP) is 4.20. The average molecular weight is 363 g/mol. The molecule has 1 N–H and O–H groups in total. The third-order valence-corrected chi connectivity index (χ3v) is 3.01. The van der Waals surface area contributed by atoms with Crippen LogP contribution >= 0.6 is 31.9 Å². The third-order valence-electron chi connectivity index (χ3n) is 1.97. The number of carbonyl (C=O) groups is 1. The summed E-state index contributed by atoms with van der Waals surface area (Å²) in [5, 5.41) is 2.59. The lowest BCUT2D eigenvalue weighted by Crippen LogP contribution is -2.10. The Morgan fingerprint density at radius 3 is 2.59 bits per heavy atom. The van der Waals surface area contributed by atoms with Gasteiger partial charge in [-0.1, -0.05) is 0 Å². The fourth-order valence-corrected chi connectivity index (χ4v) is 1.89. The molecule has 0 aliphatic carbocycles. The minimum absolute atomic E-state index is 0.178. The number of carbonyl (C=O) groups excluding carboxylic acids is 1. The molecular formula is C11H6Br2FNO2. The van der Waals surface area contributed by atoms with E-state index in [2.05, 4.69) is 37.2 Å². The number of benzene rings is 1. The number of hydrogen-bond acceptors (Lipinski definition) is 2. The van der Waals surface area contributed by atoms with Crippen molar-refractivity contribution in [3.05, 3.63) is 51.1 Å². The lowest BCUT2D eigenvalue weighted by Gasteiger charge is -2.03. The second kappa shape index (κ2) is 5.01. The van der Waals surface area contributed by atoms with Crippen LogP contribution in [0.15, 0.2) is 43.9 Å². The van der Waals surface area contributed by atoms with Crippen molar-refractivity contribution in [2.75, 3.05) is 5.32 Å². The molecule has 2 aromatic rings. The van der Waals surface area contributed by atoms with Crippen molar-refractivity contribution in [3.63, 3.8) is 0 Å². The Morgan fingerprint density at radius 2 is 2.00 bits per heavy atom. The van der Waals surface area contributed by atoms with E-state index in [4.69, 9.17) is 4.42 Å². The summed E-state index contributed by atoms with van der Waals surface area (Å²) in [7, 11) is 0. The molecule has 2 rings (SSSR count). The molecule has 0 atom stereocenters. The Bertz CT molecular complexity index is 568. The zero-order chi connectivity index (χ0) is 12.4. The van der Waals surface area contributed by atoms with Crippen molar-refractivity contribution in [1.29, 1.82) is 0 Å². The van der Waals surface area contributed by atoms with Gasteiger partial charge in [0.25, 0.3) is 5.91 Å². The summed E-state index contributed by atoms with van der Waals surface area (Å²) < 4.78 is 18.8. The molecular weight excluding hydrogens is 357 g/mol. The molecule has 0 radical (unpaired) electrons. The van der Waals surface area contributed by atoms with Gasteiger partial charge in [-0.3, -0.25) is 4.79 Å². The van der Waals surface area contributed by atoms with E-state index < -0.39 is 5.91 Å². The van der Waals surface area contributed by atoms with Crippen LogP contribution in [-0.2, 0) is 0 Å². The molecule has 0 unspecified atom stereocenters. The van der Waals surface area contributed by atoms with Gasteiger partial charge in [-0.2, -0.15) is 0 Å². The molecule has 6 heteroatoms. The van der Waals surface area contributed by atoms with E-state index in [1.54, 1.807) is 6.07 Å². The third kappa shape index (κ3) is 2.95. The molecule has 0 saturated carbocycles. The van der Waals surface area contributed by atoms with E-state index in [1.165, 1.54) is 24.3 Å². The zero-order valence-electron chi connectivity index (χ0n) is 8.34. The molecule has 0 bridgehead atoms. The Hall–Kier alpha value is -1.14. The molecule has 88 valence electrons. The number of nitrogens with one attached hydrogen (secondary N) is 1. The molecule has 0 aliphatic heterocycles. The summed E-state index contributed by atoms with van der Waals surface area (Å²) in [4.78, 5) is 11.7. The van der Waals surface area contributed by atoms with E-state index >= 15 is 0 Å². The molecule has 0 saturated heterocycles. The van der Waals surface area contributed by atoms with E-state index in [9.17, 15) is 9.18 Å². The van der Waals surface area contributed by atoms with Gasteiger partial charge in [0.2, 0.25) is 0 Å². The predicted molar refractivity (Wildman–Crippen MR) is 68.5 cm³/mol. The van der Waals surface area contributed by atoms with Crippen LogP contribution in [0.4, 0.5) is 10.1 Å². The minimum Gasteiger partial charge on any atom is -0.444 e. The zero-order valence-corrected chi connectivity index (χ0v) is 11.5. The summed E-state index contributed by atoms with van der Waals surface area (Å²) in [6.07, 6.45) is 0. The summed E-state index contributed by atoms with van der Waals surface area (Å²) in [5.41, 5.74) is 0.482. The lowest BCUT2D eigenvalue weighted by molar-refractivity contribution is 0.0995. The number of hydrogen-bond donors (Lipinski definition) is 1. The van der Waals surface area contributed by atoms with Gasteiger partial charge < -0.3 is 9.73 Å². The Kier molecular flexibility index (Phi) is 3.63. The largest absolute Gasteiger partial charge is 0.444 e. The number of halogens is 3. The van der Waals surface area contributed by atoms with Gasteiger partial charge in [0.1, 0.15) is 5.82 Å². The second-order valence-corrected chi connectivity index (χ2v) is 4.82. The number of rotatable bonds is 2. The van der Waals surface area contributed by atoms with Gasteiger partial charge in [-0.25, -0.2) is 4.39 Å². The van der Waals surface area contributed by atoms with Crippen molar-refractivity contribution in [2.45, 2.75) is 0 Å². The lowest BCUT2D eigenvalue weighted by atomic mass is 10.3. The molecule has 1 amide bonds. The molecule has 0 aliphatic rings. The van der Waals surface area contributed by atoms with Crippen molar-refractivity contribution in [3.8, 4) is 0 Å². The second-order valence-electron chi connectivity index (χ2n) is 3.19. The van der Waals surface area contributed by atoms with Crippen LogP contribution in [0.1, 0.15) is 10.6 Å². The molecule has 17 heavy (non-hydrogen) atoms. The van der Waals surface area contributed by atoms with E-state index in [0.29, 0.717) is 10.4 Å². The van der Waals surface area contributed by atoms with Crippen LogP contribution in [0.3, 0.4) is 0 Å². The quantitative estimate of drug-likeness (QED) is 0.870. The minimum atomic E-state index is -0.394. The monoisotopic (exact) mass is 361 g/mol. The number of furan rings is 1. The highest BCUT2D eigenvalue weighted by Gasteiger charge is 2.11. The highest BCUT2D eigenvalue weighted by atomic mass is 79.9. The summed E-state index contributed by atoms with van der Waals surface area (Å²) in [5.74, 6) is -0.602. The van der Waals surface area contributed by atoms with Crippen LogP contribution in [0.5, 0.6) is 0 Å². The molecule has 1 aromatic carbocycles. The van der Waals surface area contributed by atoms with E-state index in [1.807, 2.05) is 0 Å². The first-order valence-corrected chi connectivity index (χ1v) is 6.16. The average Bonchev–Trinajstić information content (AvgIpc) is 2.70. The molecule has 0 spiro atoms. The van der Waals surface area contributed by atoms with Gasteiger partial charge in [-0.15, -0.1) is 0 Å². The topological polar surface area (TPSA) is 42.2 Å². The molecule has 1 aromatic heterocycles. The van der Waals surface area contributed by atoms with Crippen LogP contribution in [0.25, 0.3) is 0 Å². The molecule has 1 heterocycles. The molecule has 3 nitrogen and oxygen atoms in total. The SMILES string of the molecule is O=C(Nc1ccc(F)c(Br)c1)c1ccc(Br)o1. The highest BCUT2D eigenvalue weighted by molar-refractivity contribution is 9.10. The molecule has 0 fully saturated rings. The first kappa shape index (κ1) is 12.3. The smallest absolute Gasteiger partial charge is 0.291 e. The Balaban J connectivity index is 2.15. The van der Waals surface area contributed by atoms with Crippen LogP contribution < -0.4 is 5.32 Å². The standard InChI is InChI=1S/C11H6Br2FNO2/c12-7-5-6(1-2-8(7)14)15-11(16)9-3-4-10(13)17-9/h1-5H,(H,15,16). The van der Waals surface area contributed by atoms with Gasteiger partial charge >= 0.3 is 0 Å². The fourth-order valence-electron chi connectivity index (χ4n) is 1.20. The Morgan fingerprint density at radius 1 is 1.24 bits per heavy atom. The van der Waals surface area contributed by atoms with Crippen LogP contribution in [0, 0.1) is 5.82 Å². The normalized spacial score (nSPS) is 10.3. The fraction of sp³-hybridized carbons (Fsp3) is 0. The first-order valence-electron chi connectivity index (χ1n) is 4.58. The van der Waals surface area contributed by atoms with Crippen LogP contribution in [-0.4, -0.2) is 5.91 Å².